The number of nitrogens with zero attached hydrogens (tertiary/aromatic N) is 4. The van der Waals surface area contributed by atoms with Gasteiger partial charge >= 0.3 is 0 Å². The Labute approximate surface area is 175 Å². The molecule has 0 atom stereocenters. The number of amides is 1. The zero-order chi connectivity index (χ0) is 22.0. The van der Waals surface area contributed by atoms with Crippen molar-refractivity contribution in [2.75, 3.05) is 13.6 Å². The van der Waals surface area contributed by atoms with Gasteiger partial charge in [-0.1, -0.05) is 25.5 Å². The highest BCUT2D eigenvalue weighted by Gasteiger charge is 2.19. The minimum atomic E-state index is -0.346. The second-order valence-electron chi connectivity index (χ2n) is 8.16. The molecule has 0 bridgehead atoms. The monoisotopic (exact) mass is 410 g/mol. The van der Waals surface area contributed by atoms with E-state index in [1.54, 1.807) is 45.4 Å². The topological polar surface area (TPSA) is 59.6 Å². The van der Waals surface area contributed by atoms with Crippen molar-refractivity contribution in [2.45, 2.75) is 34.2 Å². The Balaban J connectivity index is 2.16. The van der Waals surface area contributed by atoms with E-state index in [1.165, 1.54) is 12.1 Å². The molecule has 0 unspecified atom stereocenters. The van der Waals surface area contributed by atoms with Crippen LogP contribution in [0.25, 0.3) is 16.9 Å². The molecular formula is C23H27FN4O2. The molecule has 0 radical (unpaired) electrons. The molecule has 30 heavy (non-hydrogen) atoms. The summed E-state index contributed by atoms with van der Waals surface area (Å²) in [4.78, 5) is 31.9. The summed E-state index contributed by atoms with van der Waals surface area (Å²) in [6, 6.07) is 5.99. The van der Waals surface area contributed by atoms with Crippen LogP contribution in [0.4, 0.5) is 4.39 Å². The maximum Gasteiger partial charge on any atom is 0.295 e. The summed E-state index contributed by atoms with van der Waals surface area (Å²) in [5, 5.41) is 0. The number of fused-ring (bicyclic) bond motifs is 1. The van der Waals surface area contributed by atoms with E-state index >= 15 is 0 Å². The molecule has 0 saturated carbocycles. The van der Waals surface area contributed by atoms with Crippen molar-refractivity contribution in [3.8, 4) is 11.3 Å². The lowest BCUT2D eigenvalue weighted by Gasteiger charge is -2.17. The van der Waals surface area contributed by atoms with Gasteiger partial charge in [0.05, 0.1) is 5.69 Å². The Morgan fingerprint density at radius 1 is 1.20 bits per heavy atom. The van der Waals surface area contributed by atoms with E-state index in [0.29, 0.717) is 30.3 Å². The second-order valence-corrected chi connectivity index (χ2v) is 8.16. The van der Waals surface area contributed by atoms with E-state index in [0.717, 1.165) is 5.57 Å². The van der Waals surface area contributed by atoms with Crippen LogP contribution in [0.3, 0.4) is 0 Å². The lowest BCUT2D eigenvalue weighted by Crippen LogP contribution is -2.30. The molecular weight excluding hydrogens is 383 g/mol. The second kappa shape index (κ2) is 8.65. The van der Waals surface area contributed by atoms with Gasteiger partial charge in [0.25, 0.3) is 11.5 Å². The molecule has 2 aromatic heterocycles. The number of rotatable bonds is 6. The zero-order valence-electron chi connectivity index (χ0n) is 18.0. The minimum absolute atomic E-state index is 0.185. The van der Waals surface area contributed by atoms with Crippen molar-refractivity contribution in [1.29, 1.82) is 0 Å². The predicted molar refractivity (Wildman–Crippen MR) is 116 cm³/mol. The van der Waals surface area contributed by atoms with Gasteiger partial charge in [-0.05, 0) is 49.6 Å². The molecule has 1 aromatic carbocycles. The predicted octanol–water partition coefficient (Wildman–Crippen LogP) is 4.00. The summed E-state index contributed by atoms with van der Waals surface area (Å²) in [6.45, 7) is 8.93. The molecule has 2 heterocycles. The lowest BCUT2D eigenvalue weighted by atomic mass is 10.1. The summed E-state index contributed by atoms with van der Waals surface area (Å²) in [6.07, 6.45) is 5.28. The number of imidazole rings is 1. The molecule has 0 N–H and O–H groups in total. The minimum Gasteiger partial charge on any atom is -0.340 e. The third kappa shape index (κ3) is 4.50. The van der Waals surface area contributed by atoms with Gasteiger partial charge in [-0.25, -0.2) is 9.37 Å². The number of hydrogen-bond donors (Lipinski definition) is 0. The molecule has 7 heteroatoms. The Hall–Kier alpha value is -3.22. The van der Waals surface area contributed by atoms with Gasteiger partial charge in [0.15, 0.2) is 0 Å². The van der Waals surface area contributed by atoms with Gasteiger partial charge in [-0.15, -0.1) is 0 Å². The van der Waals surface area contributed by atoms with E-state index in [-0.39, 0.29) is 28.6 Å². The van der Waals surface area contributed by atoms with E-state index in [9.17, 15) is 14.0 Å². The van der Waals surface area contributed by atoms with E-state index < -0.39 is 0 Å². The fourth-order valence-corrected chi connectivity index (χ4v) is 3.32. The Morgan fingerprint density at radius 3 is 2.47 bits per heavy atom. The van der Waals surface area contributed by atoms with Crippen molar-refractivity contribution in [2.24, 2.45) is 5.92 Å². The third-order valence-electron chi connectivity index (χ3n) is 4.75. The molecule has 0 fully saturated rings. The average Bonchev–Trinajstić information content (AvgIpc) is 3.11. The number of carbonyl (C=O) groups is 1. The van der Waals surface area contributed by atoms with Gasteiger partial charge in [0.1, 0.15) is 11.5 Å². The van der Waals surface area contributed by atoms with Crippen LogP contribution in [-0.2, 0) is 6.54 Å². The van der Waals surface area contributed by atoms with Crippen LogP contribution in [0.1, 0.15) is 38.2 Å². The number of carbonyl (C=O) groups excluding carboxylic acids is 1. The van der Waals surface area contributed by atoms with Gasteiger partial charge in [0.2, 0.25) is 5.65 Å². The van der Waals surface area contributed by atoms with Gasteiger partial charge < -0.3 is 4.90 Å². The summed E-state index contributed by atoms with van der Waals surface area (Å²) >= 11 is 0. The molecule has 0 aliphatic carbocycles. The average molecular weight is 410 g/mol. The maximum atomic E-state index is 13.4. The number of halogens is 1. The number of hydrogen-bond acceptors (Lipinski definition) is 3. The fourth-order valence-electron chi connectivity index (χ4n) is 3.32. The largest absolute Gasteiger partial charge is 0.340 e. The highest BCUT2D eigenvalue weighted by atomic mass is 19.1. The molecule has 6 nitrogen and oxygen atoms in total. The smallest absolute Gasteiger partial charge is 0.295 e. The Kier molecular flexibility index (Phi) is 6.20. The molecule has 0 aliphatic heterocycles. The summed E-state index contributed by atoms with van der Waals surface area (Å²) in [5.74, 6) is -0.255. The Bertz CT molecular complexity index is 1150. The van der Waals surface area contributed by atoms with Crippen molar-refractivity contribution in [1.82, 2.24) is 18.9 Å². The first-order valence-corrected chi connectivity index (χ1v) is 9.94. The first kappa shape index (κ1) is 21.5. The van der Waals surface area contributed by atoms with Crippen molar-refractivity contribution in [3.63, 3.8) is 0 Å². The molecule has 0 spiro atoms. The van der Waals surface area contributed by atoms with Gasteiger partial charge in [-0.3, -0.25) is 18.6 Å². The molecule has 0 saturated heterocycles. The van der Waals surface area contributed by atoms with Crippen LogP contribution in [0.15, 0.2) is 53.1 Å². The zero-order valence-corrected chi connectivity index (χ0v) is 18.0. The van der Waals surface area contributed by atoms with Crippen LogP contribution in [0.5, 0.6) is 0 Å². The number of aromatic nitrogens is 3. The van der Waals surface area contributed by atoms with Crippen molar-refractivity contribution < 1.29 is 9.18 Å². The van der Waals surface area contributed by atoms with Crippen LogP contribution in [-0.4, -0.2) is 38.4 Å². The van der Waals surface area contributed by atoms with Crippen LogP contribution in [0.2, 0.25) is 0 Å². The standard InChI is InChI=1S/C23H27FN4O2/c1-15(2)10-11-28-20(17-6-8-18(24)9-7-17)14-27-13-19(25-21(27)23(28)30)22(29)26(5)12-16(3)4/h6-10,13-14,16H,11-12H2,1-5H3. The van der Waals surface area contributed by atoms with Crippen LogP contribution >= 0.6 is 0 Å². The van der Waals surface area contributed by atoms with Gasteiger partial charge in [0, 0.05) is 32.5 Å². The number of allylic oxidation sites excluding steroid dienone is 2. The van der Waals surface area contributed by atoms with E-state index in [4.69, 9.17) is 0 Å². The van der Waals surface area contributed by atoms with Crippen molar-refractivity contribution >= 4 is 11.6 Å². The van der Waals surface area contributed by atoms with E-state index in [2.05, 4.69) is 4.98 Å². The van der Waals surface area contributed by atoms with Crippen molar-refractivity contribution in [3.05, 3.63) is 70.2 Å². The summed E-state index contributed by atoms with van der Waals surface area (Å²) < 4.78 is 16.6. The Morgan fingerprint density at radius 2 is 1.87 bits per heavy atom. The van der Waals surface area contributed by atoms with Crippen LogP contribution in [0, 0.1) is 11.7 Å². The fraction of sp³-hybridized carbons (Fsp3) is 0.348. The first-order valence-electron chi connectivity index (χ1n) is 9.94. The SMILES string of the molecule is CC(C)=CCn1c(-c2ccc(F)cc2)cn2cc(C(=O)N(C)CC(C)C)nc2c1=O. The molecule has 1 amide bonds. The quantitative estimate of drug-likeness (QED) is 0.577. The number of benzene rings is 1. The highest BCUT2D eigenvalue weighted by Crippen LogP contribution is 2.20. The molecule has 3 rings (SSSR count). The van der Waals surface area contributed by atoms with E-state index in [1.807, 2.05) is 33.8 Å². The normalized spacial score (nSPS) is 11.2. The molecule has 3 aromatic rings. The first-order chi connectivity index (χ1) is 14.2. The molecule has 158 valence electrons. The highest BCUT2D eigenvalue weighted by molar-refractivity contribution is 5.92. The lowest BCUT2D eigenvalue weighted by molar-refractivity contribution is 0.0774. The van der Waals surface area contributed by atoms with Gasteiger partial charge in [-0.2, -0.15) is 0 Å². The maximum absolute atomic E-state index is 13.4. The van der Waals surface area contributed by atoms with Crippen LogP contribution < -0.4 is 5.56 Å². The summed E-state index contributed by atoms with van der Waals surface area (Å²) in [7, 11) is 1.73. The third-order valence-corrected chi connectivity index (χ3v) is 4.75. The molecule has 0 aliphatic rings. The summed E-state index contributed by atoms with van der Waals surface area (Å²) in [5.41, 5.74) is 2.50.